The van der Waals surface area contributed by atoms with Gasteiger partial charge in [0.15, 0.2) is 16.6 Å². The Hall–Kier alpha value is -4.24. The number of amides is 1. The summed E-state index contributed by atoms with van der Waals surface area (Å²) in [4.78, 5) is 27.5. The van der Waals surface area contributed by atoms with Gasteiger partial charge in [-0.1, -0.05) is 36.4 Å². The van der Waals surface area contributed by atoms with Crippen LogP contribution in [0.1, 0.15) is 15.9 Å². The van der Waals surface area contributed by atoms with Crippen molar-refractivity contribution < 1.29 is 19.2 Å². The van der Waals surface area contributed by atoms with Crippen LogP contribution in [0.3, 0.4) is 0 Å². The standard InChI is InChI=1S/C24H19N3O5S/c1-31-21-7-2-3-8-22(21)32-14-16-9-11-17(12-10-16)23(28)26-24-25-20(15-33-24)18-5-4-6-19(13-18)27(29)30/h2-13,15H,14H2,1H3,(H,25,26,28). The van der Waals surface area contributed by atoms with Gasteiger partial charge >= 0.3 is 0 Å². The number of aromatic nitrogens is 1. The number of carbonyl (C=O) groups is 1. The second kappa shape index (κ2) is 9.92. The first-order chi connectivity index (χ1) is 16.0. The Morgan fingerprint density at radius 1 is 1.06 bits per heavy atom. The number of nitro benzene ring substituents is 1. The number of thiazole rings is 1. The zero-order chi connectivity index (χ0) is 23.2. The summed E-state index contributed by atoms with van der Waals surface area (Å²) in [5.74, 6) is 0.999. The van der Waals surface area contributed by atoms with E-state index < -0.39 is 4.92 Å². The lowest BCUT2D eigenvalue weighted by Crippen LogP contribution is -2.11. The van der Waals surface area contributed by atoms with Crippen LogP contribution in [0.2, 0.25) is 0 Å². The van der Waals surface area contributed by atoms with E-state index in [9.17, 15) is 14.9 Å². The molecule has 0 bridgehead atoms. The second-order valence-corrected chi connectivity index (χ2v) is 7.79. The van der Waals surface area contributed by atoms with Gasteiger partial charge in [0.2, 0.25) is 0 Å². The highest BCUT2D eigenvalue weighted by Crippen LogP contribution is 2.28. The largest absolute Gasteiger partial charge is 0.493 e. The fourth-order valence-electron chi connectivity index (χ4n) is 3.06. The third kappa shape index (κ3) is 5.34. The van der Waals surface area contributed by atoms with E-state index in [0.717, 1.165) is 5.56 Å². The fraction of sp³-hybridized carbons (Fsp3) is 0.0833. The summed E-state index contributed by atoms with van der Waals surface area (Å²) in [5, 5.41) is 15.9. The molecule has 4 rings (SSSR count). The van der Waals surface area contributed by atoms with E-state index >= 15 is 0 Å². The van der Waals surface area contributed by atoms with Crippen LogP contribution in [0.5, 0.6) is 11.5 Å². The number of non-ortho nitro benzene ring substituents is 1. The lowest BCUT2D eigenvalue weighted by molar-refractivity contribution is -0.384. The summed E-state index contributed by atoms with van der Waals surface area (Å²) >= 11 is 1.25. The summed E-state index contributed by atoms with van der Waals surface area (Å²) in [7, 11) is 1.59. The van der Waals surface area contributed by atoms with Crippen molar-refractivity contribution in [3.05, 3.63) is 99.4 Å². The van der Waals surface area contributed by atoms with Crippen LogP contribution in [0.15, 0.2) is 78.2 Å². The highest BCUT2D eigenvalue weighted by molar-refractivity contribution is 7.14. The van der Waals surface area contributed by atoms with Crippen LogP contribution in [0.25, 0.3) is 11.3 Å². The first-order valence-corrected chi connectivity index (χ1v) is 10.8. The molecule has 0 saturated heterocycles. The van der Waals surface area contributed by atoms with E-state index in [1.54, 1.807) is 36.8 Å². The molecule has 0 aliphatic rings. The molecule has 3 aromatic carbocycles. The second-order valence-electron chi connectivity index (χ2n) is 6.94. The molecule has 0 aliphatic carbocycles. The molecule has 0 atom stereocenters. The minimum Gasteiger partial charge on any atom is -0.493 e. The molecule has 0 aliphatic heterocycles. The average Bonchev–Trinajstić information content (AvgIpc) is 3.31. The molecule has 0 radical (unpaired) electrons. The summed E-state index contributed by atoms with van der Waals surface area (Å²) in [5.41, 5.74) is 2.53. The molecule has 0 saturated carbocycles. The number of ether oxygens (including phenoxy) is 2. The van der Waals surface area contributed by atoms with Crippen LogP contribution < -0.4 is 14.8 Å². The Kier molecular flexibility index (Phi) is 6.61. The summed E-state index contributed by atoms with van der Waals surface area (Å²) in [6.07, 6.45) is 0. The van der Waals surface area contributed by atoms with Crippen molar-refractivity contribution >= 4 is 28.1 Å². The van der Waals surface area contributed by atoms with Gasteiger partial charge in [-0.3, -0.25) is 20.2 Å². The maximum Gasteiger partial charge on any atom is 0.270 e. The van der Waals surface area contributed by atoms with Crippen molar-refractivity contribution in [2.75, 3.05) is 12.4 Å². The Labute approximate surface area is 193 Å². The van der Waals surface area contributed by atoms with Crippen molar-refractivity contribution in [1.82, 2.24) is 4.98 Å². The quantitative estimate of drug-likeness (QED) is 0.272. The Morgan fingerprint density at radius 3 is 2.55 bits per heavy atom. The third-order valence-corrected chi connectivity index (χ3v) is 5.51. The number of methoxy groups -OCH3 is 1. The van der Waals surface area contributed by atoms with Crippen LogP contribution in [-0.4, -0.2) is 22.9 Å². The fourth-order valence-corrected chi connectivity index (χ4v) is 3.78. The maximum atomic E-state index is 12.6. The number of anilines is 1. The molecular formula is C24H19N3O5S. The van der Waals surface area contributed by atoms with E-state index in [1.165, 1.54) is 23.5 Å². The number of nitrogens with zero attached hydrogens (tertiary/aromatic N) is 2. The van der Waals surface area contributed by atoms with Gasteiger partial charge in [-0.25, -0.2) is 4.98 Å². The number of carbonyl (C=O) groups excluding carboxylic acids is 1. The average molecular weight is 461 g/mol. The summed E-state index contributed by atoms with van der Waals surface area (Å²) in [6, 6.07) is 20.7. The lowest BCUT2D eigenvalue weighted by Gasteiger charge is -2.10. The molecule has 33 heavy (non-hydrogen) atoms. The van der Waals surface area contributed by atoms with E-state index in [-0.39, 0.29) is 11.6 Å². The number of nitro groups is 1. The molecule has 0 spiro atoms. The predicted molar refractivity (Wildman–Crippen MR) is 126 cm³/mol. The van der Waals surface area contributed by atoms with Gasteiger partial charge in [0.05, 0.1) is 17.7 Å². The first-order valence-electron chi connectivity index (χ1n) is 9.90. The molecule has 4 aromatic rings. The molecule has 8 nitrogen and oxygen atoms in total. The van der Waals surface area contributed by atoms with E-state index in [0.29, 0.717) is 40.1 Å². The SMILES string of the molecule is COc1ccccc1OCc1ccc(C(=O)Nc2nc(-c3cccc([N+](=O)[O-])c3)cs2)cc1. The number of para-hydroxylation sites is 2. The van der Waals surface area contributed by atoms with Crippen LogP contribution in [0, 0.1) is 10.1 Å². The molecule has 0 fully saturated rings. The third-order valence-electron chi connectivity index (χ3n) is 4.76. The molecule has 1 heterocycles. The van der Waals surface area contributed by atoms with Crippen LogP contribution >= 0.6 is 11.3 Å². The van der Waals surface area contributed by atoms with Crippen molar-refractivity contribution in [3.63, 3.8) is 0 Å². The number of hydrogen-bond donors (Lipinski definition) is 1. The minimum absolute atomic E-state index is 0.0131. The Morgan fingerprint density at radius 2 is 1.82 bits per heavy atom. The first kappa shape index (κ1) is 22.0. The van der Waals surface area contributed by atoms with Gasteiger partial charge in [0.1, 0.15) is 6.61 Å². The Bertz CT molecular complexity index is 1290. The van der Waals surface area contributed by atoms with E-state index in [2.05, 4.69) is 10.3 Å². The van der Waals surface area contributed by atoms with Crippen LogP contribution in [-0.2, 0) is 6.61 Å². The van der Waals surface area contributed by atoms with Gasteiger partial charge in [0, 0.05) is 28.6 Å². The molecule has 166 valence electrons. The Balaban J connectivity index is 1.38. The van der Waals surface area contributed by atoms with Crippen molar-refractivity contribution in [3.8, 4) is 22.8 Å². The molecule has 1 amide bonds. The molecule has 0 unspecified atom stereocenters. The maximum absolute atomic E-state index is 12.6. The summed E-state index contributed by atoms with van der Waals surface area (Å²) < 4.78 is 11.1. The van der Waals surface area contributed by atoms with Gasteiger partial charge in [-0.2, -0.15) is 0 Å². The van der Waals surface area contributed by atoms with Gasteiger partial charge in [-0.15, -0.1) is 11.3 Å². The van der Waals surface area contributed by atoms with Crippen molar-refractivity contribution in [2.24, 2.45) is 0 Å². The lowest BCUT2D eigenvalue weighted by atomic mass is 10.1. The van der Waals surface area contributed by atoms with Gasteiger partial charge in [0.25, 0.3) is 11.6 Å². The van der Waals surface area contributed by atoms with Gasteiger partial charge in [-0.05, 0) is 29.8 Å². The number of nitrogens with one attached hydrogen (secondary N) is 1. The smallest absolute Gasteiger partial charge is 0.270 e. The normalized spacial score (nSPS) is 10.5. The number of benzene rings is 3. The van der Waals surface area contributed by atoms with E-state index in [1.807, 2.05) is 36.4 Å². The topological polar surface area (TPSA) is 104 Å². The van der Waals surface area contributed by atoms with E-state index in [4.69, 9.17) is 9.47 Å². The highest BCUT2D eigenvalue weighted by atomic mass is 32.1. The van der Waals surface area contributed by atoms with Gasteiger partial charge < -0.3 is 9.47 Å². The van der Waals surface area contributed by atoms with Crippen LogP contribution in [0.4, 0.5) is 10.8 Å². The highest BCUT2D eigenvalue weighted by Gasteiger charge is 2.13. The zero-order valence-electron chi connectivity index (χ0n) is 17.6. The predicted octanol–water partition coefficient (Wildman–Crippen LogP) is 5.56. The van der Waals surface area contributed by atoms with Crippen molar-refractivity contribution in [1.29, 1.82) is 0 Å². The monoisotopic (exact) mass is 461 g/mol. The molecular weight excluding hydrogens is 442 g/mol. The molecule has 9 heteroatoms. The molecule has 1 N–H and O–H groups in total. The number of rotatable bonds is 8. The zero-order valence-corrected chi connectivity index (χ0v) is 18.4. The molecule has 1 aromatic heterocycles. The number of hydrogen-bond acceptors (Lipinski definition) is 7. The summed E-state index contributed by atoms with van der Waals surface area (Å²) in [6.45, 7) is 0.335. The minimum atomic E-state index is -0.455. The van der Waals surface area contributed by atoms with Crippen molar-refractivity contribution in [2.45, 2.75) is 6.61 Å².